The van der Waals surface area contributed by atoms with Gasteiger partial charge in [-0.2, -0.15) is 0 Å². The van der Waals surface area contributed by atoms with Crippen LogP contribution in [0.2, 0.25) is 0 Å². The molecule has 92 valence electrons. The molecule has 0 aliphatic heterocycles. The first-order chi connectivity index (χ1) is 7.42. The number of carboxylic acid groups (broad SMARTS) is 1. The standard InChI is InChI=1S/C10H18N2O4/c1-4-12(5-2)9(14)6-8(10(15)16)11-7(3)13/h8H,4-6H2,1-3H3,(H,11,13)(H,15,16)/t8-/m0/s1. The lowest BCUT2D eigenvalue weighted by atomic mass is 10.2. The van der Waals surface area contributed by atoms with Crippen molar-refractivity contribution in [2.45, 2.75) is 33.2 Å². The first-order valence-corrected chi connectivity index (χ1v) is 5.20. The molecule has 0 heterocycles. The molecule has 0 aliphatic carbocycles. The maximum Gasteiger partial charge on any atom is 0.326 e. The summed E-state index contributed by atoms with van der Waals surface area (Å²) in [6.45, 7) is 5.91. The molecule has 16 heavy (non-hydrogen) atoms. The van der Waals surface area contributed by atoms with Gasteiger partial charge in [-0.25, -0.2) is 4.79 Å². The lowest BCUT2D eigenvalue weighted by Gasteiger charge is -2.21. The van der Waals surface area contributed by atoms with Gasteiger partial charge in [-0.15, -0.1) is 0 Å². The van der Waals surface area contributed by atoms with Crippen LogP contribution < -0.4 is 5.32 Å². The molecular weight excluding hydrogens is 212 g/mol. The molecule has 6 nitrogen and oxygen atoms in total. The maximum atomic E-state index is 11.6. The summed E-state index contributed by atoms with van der Waals surface area (Å²) in [6, 6.07) is -1.15. The topological polar surface area (TPSA) is 86.7 Å². The summed E-state index contributed by atoms with van der Waals surface area (Å²) in [7, 11) is 0. The van der Waals surface area contributed by atoms with Gasteiger partial charge in [0, 0.05) is 20.0 Å². The maximum absolute atomic E-state index is 11.6. The van der Waals surface area contributed by atoms with Gasteiger partial charge in [0.2, 0.25) is 11.8 Å². The van der Waals surface area contributed by atoms with Gasteiger partial charge < -0.3 is 15.3 Å². The fourth-order valence-electron chi connectivity index (χ4n) is 1.33. The zero-order valence-electron chi connectivity index (χ0n) is 9.82. The Labute approximate surface area is 94.6 Å². The minimum Gasteiger partial charge on any atom is -0.480 e. The molecule has 0 aliphatic rings. The highest BCUT2D eigenvalue weighted by Crippen LogP contribution is 1.99. The molecule has 0 saturated heterocycles. The summed E-state index contributed by atoms with van der Waals surface area (Å²) in [6.07, 6.45) is -0.212. The second-order valence-corrected chi connectivity index (χ2v) is 3.36. The molecule has 0 radical (unpaired) electrons. The van der Waals surface area contributed by atoms with Crippen LogP contribution in [0.1, 0.15) is 27.2 Å². The van der Waals surface area contributed by atoms with Gasteiger partial charge in [-0.3, -0.25) is 9.59 Å². The number of nitrogens with zero attached hydrogens (tertiary/aromatic N) is 1. The van der Waals surface area contributed by atoms with Crippen molar-refractivity contribution in [1.82, 2.24) is 10.2 Å². The second kappa shape index (κ2) is 6.81. The molecule has 6 heteroatoms. The molecule has 1 atom stereocenters. The van der Waals surface area contributed by atoms with Crippen LogP contribution in [0.5, 0.6) is 0 Å². The van der Waals surface area contributed by atoms with Gasteiger partial charge >= 0.3 is 5.97 Å². The number of carboxylic acids is 1. The van der Waals surface area contributed by atoms with E-state index in [4.69, 9.17) is 5.11 Å². The van der Waals surface area contributed by atoms with Crippen LogP contribution in [-0.2, 0) is 14.4 Å². The minimum absolute atomic E-state index is 0.212. The SMILES string of the molecule is CCN(CC)C(=O)C[C@H](NC(C)=O)C(=O)O. The van der Waals surface area contributed by atoms with Crippen LogP contribution in [0.3, 0.4) is 0 Å². The number of amides is 2. The molecule has 0 bridgehead atoms. The summed E-state index contributed by atoms with van der Waals surface area (Å²) >= 11 is 0. The summed E-state index contributed by atoms with van der Waals surface area (Å²) in [5.74, 6) is -1.93. The third kappa shape index (κ3) is 4.77. The number of rotatable bonds is 6. The van der Waals surface area contributed by atoms with E-state index in [-0.39, 0.29) is 12.3 Å². The van der Waals surface area contributed by atoms with E-state index in [1.165, 1.54) is 11.8 Å². The first kappa shape index (κ1) is 14.4. The number of nitrogens with one attached hydrogen (secondary N) is 1. The van der Waals surface area contributed by atoms with Crippen LogP contribution >= 0.6 is 0 Å². The highest BCUT2D eigenvalue weighted by Gasteiger charge is 2.23. The number of carbonyl (C=O) groups excluding carboxylic acids is 2. The van der Waals surface area contributed by atoms with E-state index in [1.807, 2.05) is 13.8 Å². The molecule has 0 aromatic carbocycles. The van der Waals surface area contributed by atoms with Crippen molar-refractivity contribution in [3.63, 3.8) is 0 Å². The van der Waals surface area contributed by atoms with Gasteiger partial charge in [0.15, 0.2) is 0 Å². The monoisotopic (exact) mass is 230 g/mol. The largest absolute Gasteiger partial charge is 0.480 e. The predicted molar refractivity (Wildman–Crippen MR) is 57.8 cm³/mol. The van der Waals surface area contributed by atoms with Gasteiger partial charge in [-0.05, 0) is 13.8 Å². The Kier molecular flexibility index (Phi) is 6.14. The van der Waals surface area contributed by atoms with Gasteiger partial charge in [0.1, 0.15) is 6.04 Å². The third-order valence-electron chi connectivity index (χ3n) is 2.17. The molecule has 2 N–H and O–H groups in total. The highest BCUT2D eigenvalue weighted by molar-refractivity contribution is 5.88. The Morgan fingerprint density at radius 2 is 1.75 bits per heavy atom. The molecule has 0 rings (SSSR count). The number of aliphatic carboxylic acids is 1. The van der Waals surface area contributed by atoms with E-state index in [0.29, 0.717) is 13.1 Å². The van der Waals surface area contributed by atoms with Crippen molar-refractivity contribution < 1.29 is 19.5 Å². The van der Waals surface area contributed by atoms with Crippen LogP contribution in [0, 0.1) is 0 Å². The Bertz CT molecular complexity index is 274. The van der Waals surface area contributed by atoms with E-state index in [2.05, 4.69) is 5.32 Å². The third-order valence-corrected chi connectivity index (χ3v) is 2.17. The van der Waals surface area contributed by atoms with E-state index >= 15 is 0 Å². The average Bonchev–Trinajstić information content (AvgIpc) is 2.17. The fourth-order valence-corrected chi connectivity index (χ4v) is 1.33. The van der Waals surface area contributed by atoms with Gasteiger partial charge in [0.25, 0.3) is 0 Å². The zero-order chi connectivity index (χ0) is 12.7. The number of hydrogen-bond donors (Lipinski definition) is 2. The molecular formula is C10H18N2O4. The normalized spacial score (nSPS) is 11.7. The fraction of sp³-hybridized carbons (Fsp3) is 0.700. The van der Waals surface area contributed by atoms with Crippen molar-refractivity contribution >= 4 is 17.8 Å². The zero-order valence-corrected chi connectivity index (χ0v) is 9.82. The second-order valence-electron chi connectivity index (χ2n) is 3.36. The van der Waals surface area contributed by atoms with Crippen LogP contribution in [0.4, 0.5) is 0 Å². The molecule has 0 aromatic rings. The smallest absolute Gasteiger partial charge is 0.326 e. The summed E-state index contributed by atoms with van der Waals surface area (Å²) in [5, 5.41) is 11.0. The van der Waals surface area contributed by atoms with Crippen molar-refractivity contribution in [1.29, 1.82) is 0 Å². The first-order valence-electron chi connectivity index (χ1n) is 5.20. The van der Waals surface area contributed by atoms with E-state index in [1.54, 1.807) is 0 Å². The number of hydrogen-bond acceptors (Lipinski definition) is 3. The Morgan fingerprint density at radius 1 is 1.25 bits per heavy atom. The molecule has 0 fully saturated rings. The minimum atomic E-state index is -1.20. The Morgan fingerprint density at radius 3 is 2.06 bits per heavy atom. The molecule has 2 amide bonds. The van der Waals surface area contributed by atoms with E-state index in [9.17, 15) is 14.4 Å². The lowest BCUT2D eigenvalue weighted by molar-refractivity contribution is -0.145. The highest BCUT2D eigenvalue weighted by atomic mass is 16.4. The summed E-state index contributed by atoms with van der Waals surface area (Å²) in [5.41, 5.74) is 0. The molecule has 0 aromatic heterocycles. The predicted octanol–water partition coefficient (Wildman–Crippen LogP) is -0.166. The quantitative estimate of drug-likeness (QED) is 0.663. The lowest BCUT2D eigenvalue weighted by Crippen LogP contribution is -2.44. The van der Waals surface area contributed by atoms with Crippen molar-refractivity contribution in [3.05, 3.63) is 0 Å². The van der Waals surface area contributed by atoms with E-state index in [0.717, 1.165) is 0 Å². The molecule has 0 spiro atoms. The molecule has 0 saturated carbocycles. The van der Waals surface area contributed by atoms with Crippen molar-refractivity contribution in [2.24, 2.45) is 0 Å². The average molecular weight is 230 g/mol. The van der Waals surface area contributed by atoms with Crippen molar-refractivity contribution in [3.8, 4) is 0 Å². The summed E-state index contributed by atoms with van der Waals surface area (Å²) < 4.78 is 0. The van der Waals surface area contributed by atoms with Gasteiger partial charge in [-0.1, -0.05) is 0 Å². The van der Waals surface area contributed by atoms with Crippen LogP contribution in [0.15, 0.2) is 0 Å². The number of carbonyl (C=O) groups is 3. The van der Waals surface area contributed by atoms with Crippen molar-refractivity contribution in [2.75, 3.05) is 13.1 Å². The molecule has 0 unspecified atom stereocenters. The summed E-state index contributed by atoms with van der Waals surface area (Å²) in [4.78, 5) is 34.7. The van der Waals surface area contributed by atoms with E-state index < -0.39 is 17.9 Å². The Balaban J connectivity index is 4.44. The Hall–Kier alpha value is -1.59. The van der Waals surface area contributed by atoms with Crippen LogP contribution in [-0.4, -0.2) is 46.9 Å². The van der Waals surface area contributed by atoms with Gasteiger partial charge in [0.05, 0.1) is 6.42 Å². The van der Waals surface area contributed by atoms with Crippen LogP contribution in [0.25, 0.3) is 0 Å².